The number of nitrogens with one attached hydrogen (secondary N) is 2. The smallest absolute Gasteiger partial charge is 0.292 e. The number of benzene rings is 1. The molecule has 1 saturated heterocycles. The fourth-order valence-corrected chi connectivity index (χ4v) is 2.11. The summed E-state index contributed by atoms with van der Waals surface area (Å²) < 4.78 is 0. The molecule has 2 rings (SSSR count). The van der Waals surface area contributed by atoms with E-state index < -0.39 is 0 Å². The number of aryl methyl sites for hydroxylation is 1. The van der Waals surface area contributed by atoms with Crippen molar-refractivity contribution in [2.45, 2.75) is 25.8 Å². The lowest BCUT2D eigenvalue weighted by molar-refractivity contribution is -0.384. The van der Waals surface area contributed by atoms with Gasteiger partial charge in [0.1, 0.15) is 5.69 Å². The first kappa shape index (κ1) is 11.9. The fraction of sp³-hybridized carbons (Fsp3) is 0.500. The van der Waals surface area contributed by atoms with Crippen molar-refractivity contribution in [2.24, 2.45) is 0 Å². The van der Waals surface area contributed by atoms with Gasteiger partial charge in [-0.25, -0.2) is 0 Å². The van der Waals surface area contributed by atoms with Crippen molar-refractivity contribution in [3.63, 3.8) is 0 Å². The van der Waals surface area contributed by atoms with Crippen molar-refractivity contribution in [1.29, 1.82) is 0 Å². The predicted molar refractivity (Wildman–Crippen MR) is 67.3 cm³/mol. The Kier molecular flexibility index (Phi) is 3.58. The van der Waals surface area contributed by atoms with Crippen LogP contribution in [-0.4, -0.2) is 24.1 Å². The molecule has 0 saturated carbocycles. The highest BCUT2D eigenvalue weighted by Crippen LogP contribution is 2.26. The van der Waals surface area contributed by atoms with Crippen LogP contribution in [0.1, 0.15) is 18.4 Å². The summed E-state index contributed by atoms with van der Waals surface area (Å²) in [7, 11) is 0. The molecule has 17 heavy (non-hydrogen) atoms. The molecular formula is C12H17N3O2. The number of nitro groups is 1. The van der Waals surface area contributed by atoms with Gasteiger partial charge in [0.25, 0.3) is 5.69 Å². The average Bonchev–Trinajstić information content (AvgIpc) is 2.32. The van der Waals surface area contributed by atoms with Gasteiger partial charge in [-0.3, -0.25) is 10.1 Å². The van der Waals surface area contributed by atoms with Crippen molar-refractivity contribution < 1.29 is 4.92 Å². The third-order valence-corrected chi connectivity index (χ3v) is 3.01. The van der Waals surface area contributed by atoms with Crippen LogP contribution >= 0.6 is 0 Å². The van der Waals surface area contributed by atoms with Gasteiger partial charge < -0.3 is 10.6 Å². The molecule has 0 spiro atoms. The van der Waals surface area contributed by atoms with Crippen molar-refractivity contribution in [3.05, 3.63) is 33.9 Å². The van der Waals surface area contributed by atoms with E-state index in [2.05, 4.69) is 10.6 Å². The van der Waals surface area contributed by atoms with E-state index in [0.29, 0.717) is 5.69 Å². The summed E-state index contributed by atoms with van der Waals surface area (Å²) in [5.74, 6) is 0. The average molecular weight is 235 g/mol. The highest BCUT2D eigenvalue weighted by molar-refractivity contribution is 5.63. The molecule has 1 aromatic rings. The maximum absolute atomic E-state index is 11.0. The lowest BCUT2D eigenvalue weighted by Gasteiger charge is -2.24. The largest absolute Gasteiger partial charge is 0.375 e. The van der Waals surface area contributed by atoms with Gasteiger partial charge >= 0.3 is 0 Å². The zero-order chi connectivity index (χ0) is 12.3. The molecule has 1 atom stereocenters. The second-order valence-electron chi connectivity index (χ2n) is 4.47. The van der Waals surface area contributed by atoms with Gasteiger partial charge in [-0.2, -0.15) is 0 Å². The second-order valence-corrected chi connectivity index (χ2v) is 4.47. The lowest BCUT2D eigenvalue weighted by atomic mass is 10.1. The van der Waals surface area contributed by atoms with Gasteiger partial charge in [0, 0.05) is 18.7 Å². The molecule has 1 fully saturated rings. The van der Waals surface area contributed by atoms with Crippen molar-refractivity contribution in [2.75, 3.05) is 18.4 Å². The Bertz CT molecular complexity index is 414. The molecule has 92 valence electrons. The van der Waals surface area contributed by atoms with E-state index in [0.717, 1.165) is 31.5 Å². The molecular weight excluding hydrogens is 218 g/mol. The molecule has 1 aliphatic heterocycles. The normalized spacial score (nSPS) is 19.9. The number of hydrogen-bond acceptors (Lipinski definition) is 4. The Morgan fingerprint density at radius 3 is 3.00 bits per heavy atom. The standard InChI is InChI=1S/C12H17N3O2/c1-9-4-5-11(12(7-9)15(16)17)14-10-3-2-6-13-8-10/h4-5,7,10,13-14H,2-3,6,8H2,1H3. The third kappa shape index (κ3) is 2.94. The molecule has 5 heteroatoms. The maximum Gasteiger partial charge on any atom is 0.292 e. The number of hydrogen-bond donors (Lipinski definition) is 2. The Morgan fingerprint density at radius 2 is 2.35 bits per heavy atom. The summed E-state index contributed by atoms with van der Waals surface area (Å²) in [6.07, 6.45) is 2.16. The van der Waals surface area contributed by atoms with E-state index in [1.54, 1.807) is 12.1 Å². The summed E-state index contributed by atoms with van der Waals surface area (Å²) in [5.41, 5.74) is 1.69. The van der Waals surface area contributed by atoms with Gasteiger partial charge in [-0.15, -0.1) is 0 Å². The van der Waals surface area contributed by atoms with Crippen LogP contribution in [0.2, 0.25) is 0 Å². The molecule has 5 nitrogen and oxygen atoms in total. The summed E-state index contributed by atoms with van der Waals surface area (Å²) in [5, 5.41) is 17.5. The van der Waals surface area contributed by atoms with Crippen LogP contribution in [0.25, 0.3) is 0 Å². The summed E-state index contributed by atoms with van der Waals surface area (Å²) in [6, 6.07) is 5.58. The first-order chi connectivity index (χ1) is 8.16. The quantitative estimate of drug-likeness (QED) is 0.621. The Morgan fingerprint density at radius 1 is 1.53 bits per heavy atom. The van der Waals surface area contributed by atoms with Crippen molar-refractivity contribution >= 4 is 11.4 Å². The Hall–Kier alpha value is -1.62. The molecule has 1 unspecified atom stereocenters. The van der Waals surface area contributed by atoms with Crippen LogP contribution < -0.4 is 10.6 Å². The molecule has 1 aliphatic rings. The van der Waals surface area contributed by atoms with Crippen LogP contribution in [0.3, 0.4) is 0 Å². The van der Waals surface area contributed by atoms with Gasteiger partial charge in [0.15, 0.2) is 0 Å². The minimum absolute atomic E-state index is 0.163. The zero-order valence-electron chi connectivity index (χ0n) is 9.90. The van der Waals surface area contributed by atoms with Crippen LogP contribution in [0, 0.1) is 17.0 Å². The molecule has 0 radical (unpaired) electrons. The van der Waals surface area contributed by atoms with Crippen LogP contribution in [0.15, 0.2) is 18.2 Å². The topological polar surface area (TPSA) is 67.2 Å². The number of rotatable bonds is 3. The third-order valence-electron chi connectivity index (χ3n) is 3.01. The number of anilines is 1. The SMILES string of the molecule is Cc1ccc(NC2CCCNC2)c([N+](=O)[O-])c1. The minimum Gasteiger partial charge on any atom is -0.375 e. The van der Waals surface area contributed by atoms with E-state index in [1.165, 1.54) is 0 Å². The fourth-order valence-electron chi connectivity index (χ4n) is 2.11. The summed E-state index contributed by atoms with van der Waals surface area (Å²) >= 11 is 0. The molecule has 2 N–H and O–H groups in total. The summed E-state index contributed by atoms with van der Waals surface area (Å²) in [6.45, 7) is 3.76. The molecule has 0 bridgehead atoms. The van der Waals surface area contributed by atoms with E-state index in [1.807, 2.05) is 13.0 Å². The lowest BCUT2D eigenvalue weighted by Crippen LogP contribution is -2.38. The Labute approximate surface area is 100 Å². The van der Waals surface area contributed by atoms with Gasteiger partial charge in [-0.1, -0.05) is 6.07 Å². The molecule has 1 heterocycles. The van der Waals surface area contributed by atoms with Crippen LogP contribution in [0.5, 0.6) is 0 Å². The zero-order valence-corrected chi connectivity index (χ0v) is 9.90. The van der Waals surface area contributed by atoms with E-state index in [9.17, 15) is 10.1 Å². The highest BCUT2D eigenvalue weighted by Gasteiger charge is 2.18. The highest BCUT2D eigenvalue weighted by atomic mass is 16.6. The Balaban J connectivity index is 2.16. The monoisotopic (exact) mass is 235 g/mol. The summed E-state index contributed by atoms with van der Waals surface area (Å²) in [4.78, 5) is 10.6. The molecule has 0 aliphatic carbocycles. The van der Waals surface area contributed by atoms with E-state index >= 15 is 0 Å². The number of piperidine rings is 1. The first-order valence-corrected chi connectivity index (χ1v) is 5.89. The minimum atomic E-state index is -0.328. The van der Waals surface area contributed by atoms with E-state index in [4.69, 9.17) is 0 Å². The van der Waals surface area contributed by atoms with Gasteiger partial charge in [0.2, 0.25) is 0 Å². The van der Waals surface area contributed by atoms with E-state index in [-0.39, 0.29) is 16.7 Å². The van der Waals surface area contributed by atoms with Crippen molar-refractivity contribution in [1.82, 2.24) is 5.32 Å². The molecule has 0 amide bonds. The second kappa shape index (κ2) is 5.14. The molecule has 1 aromatic carbocycles. The van der Waals surface area contributed by atoms with Crippen molar-refractivity contribution in [3.8, 4) is 0 Å². The number of nitro benzene ring substituents is 1. The maximum atomic E-state index is 11.0. The molecule has 0 aromatic heterocycles. The number of nitrogens with zero attached hydrogens (tertiary/aromatic N) is 1. The van der Waals surface area contributed by atoms with Gasteiger partial charge in [0.05, 0.1) is 4.92 Å². The van der Waals surface area contributed by atoms with Gasteiger partial charge in [-0.05, 0) is 37.9 Å². The first-order valence-electron chi connectivity index (χ1n) is 5.89. The van der Waals surface area contributed by atoms with Crippen LogP contribution in [0.4, 0.5) is 11.4 Å². The van der Waals surface area contributed by atoms with Crippen LogP contribution in [-0.2, 0) is 0 Å². The predicted octanol–water partition coefficient (Wildman–Crippen LogP) is 2.07.